The van der Waals surface area contributed by atoms with Crippen molar-refractivity contribution in [2.24, 2.45) is 0 Å². The number of furan rings is 2. The summed E-state index contributed by atoms with van der Waals surface area (Å²) in [5.74, 6) is 0. The minimum Gasteiger partial charge on any atom is -0.456 e. The maximum absolute atomic E-state index is 9.76. The molecule has 0 unspecified atom stereocenters. The molecule has 0 aliphatic rings. The molecule has 0 radical (unpaired) electrons. The molecular formula is C54H35NO2. The van der Waals surface area contributed by atoms with Crippen molar-refractivity contribution in [3.8, 4) is 44.5 Å². The zero-order valence-electron chi connectivity index (χ0n) is 38.4. The second-order valence-corrected chi connectivity index (χ2v) is 13.8. The second-order valence-electron chi connectivity index (χ2n) is 13.8. The molecule has 0 N–H and O–H groups in total. The summed E-state index contributed by atoms with van der Waals surface area (Å²) in [5.41, 5.74) is 6.39. The van der Waals surface area contributed by atoms with Crippen LogP contribution in [0.4, 0.5) is 17.1 Å². The number of fused-ring (bicyclic) bond motifs is 6. The maximum atomic E-state index is 9.76. The first kappa shape index (κ1) is 25.5. The third-order valence-corrected chi connectivity index (χ3v) is 10.4. The fourth-order valence-electron chi connectivity index (χ4n) is 7.78. The maximum Gasteiger partial charge on any atom is 0.143 e. The van der Waals surface area contributed by atoms with Crippen LogP contribution in [0.1, 0.15) is 11.0 Å². The summed E-state index contributed by atoms with van der Waals surface area (Å²) in [6, 6.07) is 47.5. The number of nitrogens with zero attached hydrogens (tertiary/aromatic N) is 1. The van der Waals surface area contributed by atoms with Gasteiger partial charge >= 0.3 is 0 Å². The smallest absolute Gasteiger partial charge is 0.143 e. The molecule has 0 atom stereocenters. The van der Waals surface area contributed by atoms with Gasteiger partial charge in [-0.05, 0) is 93.4 Å². The first-order valence-electron chi connectivity index (χ1n) is 22.7. The van der Waals surface area contributed by atoms with Crippen molar-refractivity contribution in [2.75, 3.05) is 4.90 Å². The molecule has 0 aliphatic carbocycles. The summed E-state index contributed by atoms with van der Waals surface area (Å²) in [6.45, 7) is 0. The van der Waals surface area contributed by atoms with Crippen molar-refractivity contribution in [3.05, 3.63) is 212 Å². The fourth-order valence-corrected chi connectivity index (χ4v) is 7.78. The van der Waals surface area contributed by atoms with Crippen LogP contribution in [0.5, 0.6) is 0 Å². The fraction of sp³-hybridized carbons (Fsp3) is 0. The highest BCUT2D eigenvalue weighted by Crippen LogP contribution is 2.45. The van der Waals surface area contributed by atoms with Crippen molar-refractivity contribution >= 4 is 60.9 Å². The average molecular weight is 738 g/mol. The number of hydrogen-bond acceptors (Lipinski definition) is 3. The zero-order valence-corrected chi connectivity index (χ0v) is 30.4. The number of hydrogen-bond donors (Lipinski definition) is 0. The Labute approximate surface area is 341 Å². The molecule has 0 saturated carbocycles. The van der Waals surface area contributed by atoms with Gasteiger partial charge in [0.15, 0.2) is 0 Å². The van der Waals surface area contributed by atoms with Crippen molar-refractivity contribution in [1.29, 1.82) is 0 Å². The quantitative estimate of drug-likeness (QED) is 0.163. The molecular weight excluding hydrogens is 695 g/mol. The van der Waals surface area contributed by atoms with Crippen molar-refractivity contribution in [3.63, 3.8) is 0 Å². The van der Waals surface area contributed by atoms with Crippen LogP contribution >= 0.6 is 0 Å². The van der Waals surface area contributed by atoms with E-state index in [1.165, 1.54) is 4.90 Å². The van der Waals surface area contributed by atoms with Crippen LogP contribution in [0.2, 0.25) is 0 Å². The Kier molecular flexibility index (Phi) is 6.07. The normalized spacial score (nSPS) is 13.5. The molecule has 268 valence electrons. The van der Waals surface area contributed by atoms with Gasteiger partial charge in [-0.15, -0.1) is 0 Å². The molecule has 57 heavy (non-hydrogen) atoms. The Morgan fingerprint density at radius 1 is 0.351 bits per heavy atom. The summed E-state index contributed by atoms with van der Waals surface area (Å²) < 4.78 is 89.9. The van der Waals surface area contributed by atoms with E-state index in [0.29, 0.717) is 44.2 Å². The van der Waals surface area contributed by atoms with Gasteiger partial charge in [0, 0.05) is 33.1 Å². The number of benzene rings is 9. The molecule has 0 saturated heterocycles. The molecule has 11 aromatic rings. The Hall–Kier alpha value is -7.62. The molecule has 2 aromatic heterocycles. The molecule has 0 amide bonds. The molecule has 0 aliphatic heterocycles. The van der Waals surface area contributed by atoms with E-state index in [2.05, 4.69) is 0 Å². The SMILES string of the molecule is [2H]c1c([2H])c(N(c2c([2H])c([2H])c(-c3cccc4c3oc3ccccc34)c([2H])c2[2H])c2cccc3oc4ccccc4c23)c([2H])c([2H])c1-c1ccc(-c2ccccc2)c(-c2ccccc2)c1. The van der Waals surface area contributed by atoms with Crippen LogP contribution in [0.15, 0.2) is 221 Å². The lowest BCUT2D eigenvalue weighted by molar-refractivity contribution is 0.669. The highest BCUT2D eigenvalue weighted by molar-refractivity contribution is 6.13. The molecule has 0 bridgehead atoms. The van der Waals surface area contributed by atoms with Gasteiger partial charge in [-0.3, -0.25) is 0 Å². The predicted molar refractivity (Wildman–Crippen MR) is 237 cm³/mol. The summed E-state index contributed by atoms with van der Waals surface area (Å²) in [4.78, 5) is 1.34. The molecule has 3 nitrogen and oxygen atoms in total. The van der Waals surface area contributed by atoms with Crippen molar-refractivity contribution in [2.45, 2.75) is 0 Å². The first-order chi connectivity index (χ1) is 31.6. The van der Waals surface area contributed by atoms with Gasteiger partial charge < -0.3 is 13.7 Å². The number of para-hydroxylation sites is 3. The van der Waals surface area contributed by atoms with Gasteiger partial charge in [0.2, 0.25) is 0 Å². The van der Waals surface area contributed by atoms with E-state index in [9.17, 15) is 11.0 Å². The van der Waals surface area contributed by atoms with Gasteiger partial charge in [-0.25, -0.2) is 0 Å². The highest BCUT2D eigenvalue weighted by Gasteiger charge is 2.20. The number of anilines is 3. The lowest BCUT2D eigenvalue weighted by atomic mass is 9.91. The summed E-state index contributed by atoms with van der Waals surface area (Å²) in [5, 5.41) is 2.80. The van der Waals surface area contributed by atoms with Crippen LogP contribution in [0.25, 0.3) is 88.4 Å². The van der Waals surface area contributed by atoms with Crippen LogP contribution < -0.4 is 4.90 Å². The average Bonchev–Trinajstić information content (AvgIpc) is 3.92. The molecule has 2 heterocycles. The summed E-state index contributed by atoms with van der Waals surface area (Å²) >= 11 is 0. The molecule has 3 heteroatoms. The number of rotatable bonds is 7. The van der Waals surface area contributed by atoms with E-state index in [0.717, 1.165) is 33.0 Å². The monoisotopic (exact) mass is 737 g/mol. The van der Waals surface area contributed by atoms with Crippen LogP contribution in [-0.2, 0) is 0 Å². The molecule has 9 aromatic carbocycles. The lowest BCUT2D eigenvalue weighted by Gasteiger charge is -2.26. The molecule has 0 spiro atoms. The van der Waals surface area contributed by atoms with E-state index < -0.39 is 24.2 Å². The van der Waals surface area contributed by atoms with E-state index in [1.54, 1.807) is 36.4 Å². The van der Waals surface area contributed by atoms with Crippen molar-refractivity contribution < 1.29 is 19.8 Å². The third-order valence-electron chi connectivity index (χ3n) is 10.4. The second kappa shape index (κ2) is 13.6. The Bertz CT molecular complexity index is 3660. The van der Waals surface area contributed by atoms with Crippen molar-refractivity contribution in [1.82, 2.24) is 0 Å². The first-order valence-corrected chi connectivity index (χ1v) is 18.7. The van der Waals surface area contributed by atoms with Gasteiger partial charge in [0.1, 0.15) is 22.3 Å². The third kappa shape index (κ3) is 5.68. The van der Waals surface area contributed by atoms with Gasteiger partial charge in [0.05, 0.1) is 22.0 Å². The summed E-state index contributed by atoms with van der Waals surface area (Å²) in [7, 11) is 0. The standard InChI is InChI=1S/C54H35NO2/c1-3-13-37(14-4-1)43-34-29-40(35-48(43)38-15-5-2-6-16-38)36-25-30-41(31-26-36)55(49-21-12-24-52-53(49)47-18-8-10-23-51(47)56-52)42-32-27-39(28-33-42)44-19-11-20-46-45-17-7-9-22-50(45)57-54(44)46/h1-35H/i25D,26D,27D,28D,30D,31D,32D,33D. The lowest BCUT2D eigenvalue weighted by Crippen LogP contribution is -2.10. The highest BCUT2D eigenvalue weighted by atomic mass is 16.3. The largest absolute Gasteiger partial charge is 0.456 e. The molecule has 0 fully saturated rings. The Morgan fingerprint density at radius 3 is 1.63 bits per heavy atom. The minimum atomic E-state index is -0.455. The van der Waals surface area contributed by atoms with E-state index in [-0.39, 0.29) is 52.4 Å². The van der Waals surface area contributed by atoms with Crippen LogP contribution in [0, 0.1) is 0 Å². The Morgan fingerprint density at radius 2 is 0.912 bits per heavy atom. The Balaban J connectivity index is 1.17. The van der Waals surface area contributed by atoms with Crippen LogP contribution in [-0.4, -0.2) is 0 Å². The topological polar surface area (TPSA) is 29.5 Å². The zero-order chi connectivity index (χ0) is 44.7. The van der Waals surface area contributed by atoms with Gasteiger partial charge in [0.25, 0.3) is 0 Å². The van der Waals surface area contributed by atoms with E-state index in [4.69, 9.17) is 8.83 Å². The van der Waals surface area contributed by atoms with E-state index in [1.807, 2.05) is 127 Å². The van der Waals surface area contributed by atoms with Gasteiger partial charge in [-0.1, -0.05) is 158 Å². The van der Waals surface area contributed by atoms with E-state index >= 15 is 0 Å². The predicted octanol–water partition coefficient (Wildman–Crippen LogP) is 15.6. The van der Waals surface area contributed by atoms with Gasteiger partial charge in [-0.2, -0.15) is 0 Å². The summed E-state index contributed by atoms with van der Waals surface area (Å²) in [6.07, 6.45) is 0. The minimum absolute atomic E-state index is 0.0170. The molecule has 11 rings (SSSR count). The van der Waals surface area contributed by atoms with Crippen LogP contribution in [0.3, 0.4) is 0 Å².